The van der Waals surface area contributed by atoms with Crippen LogP contribution in [0, 0.1) is 0 Å². The minimum absolute atomic E-state index is 0.855. The molecule has 3 heterocycles. The largest absolute Gasteiger partial charge is 0.456 e. The van der Waals surface area contributed by atoms with E-state index in [1.54, 1.807) is 11.3 Å². The first-order chi connectivity index (χ1) is 23.8. The number of benzene rings is 7. The van der Waals surface area contributed by atoms with Crippen LogP contribution in [0.25, 0.3) is 75.8 Å². The number of rotatable bonds is 5. The van der Waals surface area contributed by atoms with Crippen LogP contribution in [-0.2, 0) is 0 Å². The first-order valence-corrected chi connectivity index (χ1v) is 16.8. The zero-order chi connectivity index (χ0) is 31.6. The number of anilines is 3. The maximum Gasteiger partial charge on any atom is 0.159 e. The summed E-state index contributed by atoms with van der Waals surface area (Å²) in [6.45, 7) is 0. The van der Waals surface area contributed by atoms with E-state index in [1.165, 1.54) is 0 Å². The Morgan fingerprint density at radius 1 is 0.479 bits per heavy atom. The summed E-state index contributed by atoms with van der Waals surface area (Å²) in [5.41, 5.74) is 10.9. The van der Waals surface area contributed by atoms with Crippen LogP contribution < -0.4 is 4.90 Å². The van der Waals surface area contributed by atoms with Gasteiger partial charge in [-0.1, -0.05) is 97.1 Å². The van der Waals surface area contributed by atoms with Crippen molar-refractivity contribution >= 4 is 82.5 Å². The van der Waals surface area contributed by atoms with E-state index in [0.717, 1.165) is 92.9 Å². The summed E-state index contributed by atoms with van der Waals surface area (Å²) in [5.74, 6) is 0. The molecular weight excluding hydrogens is 609 g/mol. The molecule has 0 aliphatic rings. The Hall–Kier alpha value is -6.17. The second-order valence-corrected chi connectivity index (χ2v) is 13.0. The SMILES string of the molecule is c1ccc(-c2nc3c(ccc4oc5ccc(-c6ccc(N(c7ccccc7)c7cccc8c7oc7ccccc78)cc6)cc5c43)s2)cc1. The maximum absolute atomic E-state index is 6.47. The van der Waals surface area contributed by atoms with E-state index < -0.39 is 0 Å². The number of hydrogen-bond acceptors (Lipinski definition) is 5. The number of furan rings is 2. The van der Waals surface area contributed by atoms with Gasteiger partial charge in [-0.05, 0) is 71.8 Å². The molecule has 0 saturated heterocycles. The van der Waals surface area contributed by atoms with Gasteiger partial charge in [-0.3, -0.25) is 0 Å². The second-order valence-electron chi connectivity index (χ2n) is 12.0. The van der Waals surface area contributed by atoms with Gasteiger partial charge in [0.2, 0.25) is 0 Å². The summed E-state index contributed by atoms with van der Waals surface area (Å²) < 4.78 is 13.9. The highest BCUT2D eigenvalue weighted by Crippen LogP contribution is 2.43. The highest BCUT2D eigenvalue weighted by atomic mass is 32.1. The number of para-hydroxylation sites is 3. The summed E-state index contributed by atoms with van der Waals surface area (Å²) in [5, 5.41) is 5.37. The lowest BCUT2D eigenvalue weighted by molar-refractivity contribution is 0.669. The van der Waals surface area contributed by atoms with Crippen molar-refractivity contribution in [1.29, 1.82) is 0 Å². The molecule has 0 radical (unpaired) electrons. The normalized spacial score (nSPS) is 11.8. The summed E-state index contributed by atoms with van der Waals surface area (Å²) in [6, 6.07) is 54.8. The van der Waals surface area contributed by atoms with Crippen molar-refractivity contribution < 1.29 is 8.83 Å². The van der Waals surface area contributed by atoms with E-state index in [1.807, 2.05) is 24.3 Å². The van der Waals surface area contributed by atoms with Crippen LogP contribution in [0.5, 0.6) is 0 Å². The van der Waals surface area contributed by atoms with Gasteiger partial charge >= 0.3 is 0 Å². The van der Waals surface area contributed by atoms with E-state index in [0.29, 0.717) is 0 Å². The fourth-order valence-electron chi connectivity index (χ4n) is 6.85. The van der Waals surface area contributed by atoms with Gasteiger partial charge in [0.05, 0.1) is 21.3 Å². The van der Waals surface area contributed by atoms with E-state index in [4.69, 9.17) is 13.8 Å². The Morgan fingerprint density at radius 3 is 2.02 bits per heavy atom. The lowest BCUT2D eigenvalue weighted by Gasteiger charge is -2.25. The summed E-state index contributed by atoms with van der Waals surface area (Å²) in [7, 11) is 0. The third-order valence-electron chi connectivity index (χ3n) is 9.11. The van der Waals surface area contributed by atoms with Gasteiger partial charge in [-0.15, -0.1) is 11.3 Å². The average molecular weight is 635 g/mol. The van der Waals surface area contributed by atoms with Gasteiger partial charge < -0.3 is 13.7 Å². The lowest BCUT2D eigenvalue weighted by atomic mass is 10.0. The molecule has 0 aliphatic heterocycles. The predicted molar refractivity (Wildman–Crippen MR) is 200 cm³/mol. The molecule has 0 bridgehead atoms. The summed E-state index contributed by atoms with van der Waals surface area (Å²) >= 11 is 1.72. The molecule has 0 atom stereocenters. The molecule has 0 spiro atoms. The smallest absolute Gasteiger partial charge is 0.159 e. The van der Waals surface area contributed by atoms with Crippen LogP contribution in [-0.4, -0.2) is 4.98 Å². The standard InChI is InChI=1S/C43H26N2O2S/c1-3-10-28(11-4-1)43-44-41-39(48-43)25-24-38-40(41)34-26-29(20-23-37(34)46-38)27-18-21-31(22-19-27)45(30-12-5-2-6-13-30)35-16-9-15-33-32-14-7-8-17-36(32)47-42(33)35/h1-26H. The van der Waals surface area contributed by atoms with Gasteiger partial charge in [0, 0.05) is 33.1 Å². The molecule has 4 nitrogen and oxygen atoms in total. The number of nitrogens with zero attached hydrogens (tertiary/aromatic N) is 2. The zero-order valence-electron chi connectivity index (χ0n) is 25.6. The van der Waals surface area contributed by atoms with Gasteiger partial charge in [-0.2, -0.15) is 0 Å². The molecule has 0 saturated carbocycles. The summed E-state index contributed by atoms with van der Waals surface area (Å²) in [4.78, 5) is 7.37. The van der Waals surface area contributed by atoms with Crippen LogP contribution in [0.3, 0.4) is 0 Å². The van der Waals surface area contributed by atoms with E-state index >= 15 is 0 Å². The van der Waals surface area contributed by atoms with Gasteiger partial charge in [0.25, 0.3) is 0 Å². The molecule has 3 aromatic heterocycles. The minimum Gasteiger partial charge on any atom is -0.456 e. The molecule has 10 aromatic rings. The number of fused-ring (bicyclic) bond motifs is 8. The van der Waals surface area contributed by atoms with Gasteiger partial charge in [0.15, 0.2) is 5.58 Å². The first-order valence-electron chi connectivity index (χ1n) is 16.0. The summed E-state index contributed by atoms with van der Waals surface area (Å²) in [6.07, 6.45) is 0. The van der Waals surface area contributed by atoms with Gasteiger partial charge in [0.1, 0.15) is 21.8 Å². The average Bonchev–Trinajstić information content (AvgIpc) is 3.86. The Morgan fingerprint density at radius 2 is 1.17 bits per heavy atom. The van der Waals surface area contributed by atoms with Crippen molar-refractivity contribution in [1.82, 2.24) is 4.98 Å². The lowest BCUT2D eigenvalue weighted by Crippen LogP contribution is -2.10. The van der Waals surface area contributed by atoms with Crippen molar-refractivity contribution in [2.45, 2.75) is 0 Å². The molecule has 5 heteroatoms. The molecule has 0 aliphatic carbocycles. The number of hydrogen-bond donors (Lipinski definition) is 0. The Labute approximate surface area is 279 Å². The van der Waals surface area contributed by atoms with E-state index in [9.17, 15) is 0 Å². The molecular formula is C43H26N2O2S. The van der Waals surface area contributed by atoms with E-state index in [-0.39, 0.29) is 0 Å². The molecule has 0 unspecified atom stereocenters. The highest BCUT2D eigenvalue weighted by Gasteiger charge is 2.20. The number of aromatic nitrogens is 1. The highest BCUT2D eigenvalue weighted by molar-refractivity contribution is 7.21. The monoisotopic (exact) mass is 634 g/mol. The molecule has 0 amide bonds. The second kappa shape index (κ2) is 10.7. The van der Waals surface area contributed by atoms with Crippen LogP contribution in [0.15, 0.2) is 167 Å². The fourth-order valence-corrected chi connectivity index (χ4v) is 7.83. The molecule has 0 fully saturated rings. The topological polar surface area (TPSA) is 42.4 Å². The van der Waals surface area contributed by atoms with Crippen molar-refractivity contribution in [2.75, 3.05) is 4.90 Å². The van der Waals surface area contributed by atoms with Crippen molar-refractivity contribution in [3.05, 3.63) is 158 Å². The number of thiazole rings is 1. The third-order valence-corrected chi connectivity index (χ3v) is 10.2. The maximum atomic E-state index is 6.47. The van der Waals surface area contributed by atoms with Crippen LogP contribution in [0.2, 0.25) is 0 Å². The fraction of sp³-hybridized carbons (Fsp3) is 0. The van der Waals surface area contributed by atoms with Crippen molar-refractivity contribution in [3.8, 4) is 21.7 Å². The zero-order valence-corrected chi connectivity index (χ0v) is 26.4. The molecule has 7 aromatic carbocycles. The quantitative estimate of drug-likeness (QED) is 0.189. The Kier molecular flexibility index (Phi) is 6.01. The molecule has 10 rings (SSSR count). The van der Waals surface area contributed by atoms with Crippen LogP contribution >= 0.6 is 11.3 Å². The van der Waals surface area contributed by atoms with Crippen molar-refractivity contribution in [2.24, 2.45) is 0 Å². The molecule has 48 heavy (non-hydrogen) atoms. The van der Waals surface area contributed by atoms with Crippen LogP contribution in [0.1, 0.15) is 0 Å². The first kappa shape index (κ1) is 27.0. The van der Waals surface area contributed by atoms with E-state index in [2.05, 4.69) is 138 Å². The Balaban J connectivity index is 1.09. The Bertz CT molecular complexity index is 2780. The van der Waals surface area contributed by atoms with Crippen LogP contribution in [0.4, 0.5) is 17.1 Å². The third kappa shape index (κ3) is 4.25. The molecule has 0 N–H and O–H groups in total. The predicted octanol–water partition coefficient (Wildman–Crippen LogP) is 12.9. The minimum atomic E-state index is 0.855. The molecule has 226 valence electrons. The van der Waals surface area contributed by atoms with Crippen molar-refractivity contribution in [3.63, 3.8) is 0 Å². The van der Waals surface area contributed by atoms with Gasteiger partial charge in [-0.25, -0.2) is 4.98 Å².